The molecule has 0 fully saturated rings. The number of nitrogens with zero attached hydrogens (tertiary/aromatic N) is 2. The molecule has 0 aliphatic carbocycles. The first-order valence-electron chi connectivity index (χ1n) is 5.30. The average Bonchev–Trinajstić information content (AvgIpc) is 2.88. The first-order chi connectivity index (χ1) is 8.72. The summed E-state index contributed by atoms with van der Waals surface area (Å²) in [5.74, 6) is 0. The quantitative estimate of drug-likeness (QED) is 0.622. The van der Waals surface area contributed by atoms with Gasteiger partial charge in [0.15, 0.2) is 0 Å². The summed E-state index contributed by atoms with van der Waals surface area (Å²) in [6, 6.07) is 6.74. The van der Waals surface area contributed by atoms with Crippen molar-refractivity contribution in [2.75, 3.05) is 17.7 Å². The van der Waals surface area contributed by atoms with E-state index in [0.717, 1.165) is 0 Å². The fourth-order valence-electron chi connectivity index (χ4n) is 1.60. The van der Waals surface area contributed by atoms with Crippen molar-refractivity contribution in [3.05, 3.63) is 46.3 Å². The van der Waals surface area contributed by atoms with Crippen molar-refractivity contribution in [1.82, 2.24) is 5.16 Å². The summed E-state index contributed by atoms with van der Waals surface area (Å²) in [5, 5.41) is 20.5. The molecule has 0 aliphatic heterocycles. The number of nitro groups is 1. The molecule has 0 bridgehead atoms. The molecule has 0 amide bonds. The lowest BCUT2D eigenvalue weighted by Crippen LogP contribution is -2.05. The Hall–Kier alpha value is -2.57. The first kappa shape index (κ1) is 11.9. The zero-order valence-electron chi connectivity index (χ0n) is 9.71. The van der Waals surface area contributed by atoms with Crippen molar-refractivity contribution < 1.29 is 9.45 Å². The van der Waals surface area contributed by atoms with Gasteiger partial charge in [0.1, 0.15) is 23.3 Å². The van der Waals surface area contributed by atoms with Gasteiger partial charge in [-0.15, -0.1) is 0 Å². The highest BCUT2D eigenvalue weighted by molar-refractivity contribution is 5.75. The number of nitrogens with one attached hydrogen (secondary N) is 2. The van der Waals surface area contributed by atoms with Crippen LogP contribution in [-0.2, 0) is 6.54 Å². The van der Waals surface area contributed by atoms with Crippen molar-refractivity contribution in [3.63, 3.8) is 0 Å². The second-order valence-corrected chi connectivity index (χ2v) is 3.55. The van der Waals surface area contributed by atoms with Gasteiger partial charge in [-0.3, -0.25) is 10.1 Å². The molecule has 2 N–H and O–H groups in total. The molecular weight excluding hydrogens is 236 g/mol. The fraction of sp³-hybridized carbons (Fsp3) is 0.182. The SMILES string of the molecule is CNc1cccc(NCc2ccon2)c1[N+](=O)[O-]. The van der Waals surface area contributed by atoms with E-state index < -0.39 is 4.92 Å². The van der Waals surface area contributed by atoms with E-state index in [9.17, 15) is 10.1 Å². The molecule has 0 radical (unpaired) electrons. The molecule has 0 saturated carbocycles. The van der Waals surface area contributed by atoms with Crippen LogP contribution in [0.3, 0.4) is 0 Å². The molecule has 0 spiro atoms. The first-order valence-corrected chi connectivity index (χ1v) is 5.30. The molecule has 0 aliphatic rings. The van der Waals surface area contributed by atoms with Gasteiger partial charge in [-0.2, -0.15) is 0 Å². The van der Waals surface area contributed by atoms with Gasteiger partial charge in [0, 0.05) is 13.1 Å². The molecule has 18 heavy (non-hydrogen) atoms. The Labute approximate surface area is 103 Å². The summed E-state index contributed by atoms with van der Waals surface area (Å²) < 4.78 is 4.69. The minimum atomic E-state index is -0.420. The van der Waals surface area contributed by atoms with Gasteiger partial charge in [0.2, 0.25) is 0 Å². The summed E-state index contributed by atoms with van der Waals surface area (Å²) in [6.07, 6.45) is 1.45. The topological polar surface area (TPSA) is 93.2 Å². The summed E-state index contributed by atoms with van der Waals surface area (Å²) in [7, 11) is 1.64. The van der Waals surface area contributed by atoms with E-state index in [0.29, 0.717) is 23.6 Å². The van der Waals surface area contributed by atoms with Crippen molar-refractivity contribution >= 4 is 17.1 Å². The molecule has 1 aromatic heterocycles. The molecule has 2 rings (SSSR count). The number of aromatic nitrogens is 1. The van der Waals surface area contributed by atoms with Crippen LogP contribution in [0.5, 0.6) is 0 Å². The van der Waals surface area contributed by atoms with Crippen molar-refractivity contribution in [3.8, 4) is 0 Å². The maximum atomic E-state index is 11.1. The lowest BCUT2D eigenvalue weighted by molar-refractivity contribution is -0.383. The molecule has 7 nitrogen and oxygen atoms in total. The Morgan fingerprint density at radius 1 is 1.39 bits per heavy atom. The molecule has 7 heteroatoms. The number of rotatable bonds is 5. The summed E-state index contributed by atoms with van der Waals surface area (Å²) in [4.78, 5) is 10.6. The maximum Gasteiger partial charge on any atom is 0.315 e. The van der Waals surface area contributed by atoms with E-state index in [1.807, 2.05) is 0 Å². The summed E-state index contributed by atoms with van der Waals surface area (Å²) >= 11 is 0. The van der Waals surface area contributed by atoms with Crippen LogP contribution < -0.4 is 10.6 Å². The lowest BCUT2D eigenvalue weighted by Gasteiger charge is -2.08. The van der Waals surface area contributed by atoms with Gasteiger partial charge in [-0.05, 0) is 12.1 Å². The van der Waals surface area contributed by atoms with Crippen molar-refractivity contribution in [2.45, 2.75) is 6.54 Å². The number of benzene rings is 1. The number of hydrogen-bond donors (Lipinski definition) is 2. The second kappa shape index (κ2) is 5.17. The summed E-state index contributed by atoms with van der Waals surface area (Å²) in [6.45, 7) is 0.366. The standard InChI is InChI=1S/C11H12N4O3/c1-12-9-3-2-4-10(11(9)15(16)17)13-7-8-5-6-18-14-8/h2-6,12-13H,7H2,1H3. The van der Waals surface area contributed by atoms with Crippen LogP contribution >= 0.6 is 0 Å². The predicted octanol–water partition coefficient (Wildman–Crippen LogP) is 2.24. The Kier molecular flexibility index (Phi) is 3.42. The molecule has 1 aromatic carbocycles. The highest BCUT2D eigenvalue weighted by Gasteiger charge is 2.18. The van der Waals surface area contributed by atoms with Crippen molar-refractivity contribution in [2.24, 2.45) is 0 Å². The van der Waals surface area contributed by atoms with Crippen LogP contribution in [0.4, 0.5) is 17.1 Å². The lowest BCUT2D eigenvalue weighted by atomic mass is 10.2. The van der Waals surface area contributed by atoms with E-state index in [1.165, 1.54) is 6.26 Å². The van der Waals surface area contributed by atoms with E-state index in [2.05, 4.69) is 20.3 Å². The Morgan fingerprint density at radius 2 is 2.17 bits per heavy atom. The van der Waals surface area contributed by atoms with Crippen LogP contribution in [0, 0.1) is 10.1 Å². The zero-order valence-corrected chi connectivity index (χ0v) is 9.71. The van der Waals surface area contributed by atoms with Crippen LogP contribution in [0.1, 0.15) is 5.69 Å². The third-order valence-corrected chi connectivity index (χ3v) is 2.44. The number of nitro benzene ring substituents is 1. The van der Waals surface area contributed by atoms with Gasteiger partial charge in [-0.1, -0.05) is 11.2 Å². The maximum absolute atomic E-state index is 11.1. The molecule has 1 heterocycles. The Bertz CT molecular complexity index is 539. The van der Waals surface area contributed by atoms with Gasteiger partial charge >= 0.3 is 5.69 Å². The van der Waals surface area contributed by atoms with Crippen LogP contribution in [-0.4, -0.2) is 17.1 Å². The van der Waals surface area contributed by atoms with E-state index in [-0.39, 0.29) is 5.69 Å². The molecule has 0 unspecified atom stereocenters. The van der Waals surface area contributed by atoms with Crippen LogP contribution in [0.2, 0.25) is 0 Å². The third kappa shape index (κ3) is 2.40. The number of hydrogen-bond acceptors (Lipinski definition) is 6. The Morgan fingerprint density at radius 3 is 2.78 bits per heavy atom. The largest absolute Gasteiger partial charge is 0.382 e. The van der Waals surface area contributed by atoms with Crippen LogP contribution in [0.15, 0.2) is 35.1 Å². The van der Waals surface area contributed by atoms with Crippen LogP contribution in [0.25, 0.3) is 0 Å². The monoisotopic (exact) mass is 248 g/mol. The second-order valence-electron chi connectivity index (χ2n) is 3.55. The fourth-order valence-corrected chi connectivity index (χ4v) is 1.60. The van der Waals surface area contributed by atoms with Gasteiger partial charge in [0.25, 0.3) is 0 Å². The third-order valence-electron chi connectivity index (χ3n) is 2.44. The molecule has 0 atom stereocenters. The van der Waals surface area contributed by atoms with E-state index in [4.69, 9.17) is 0 Å². The minimum Gasteiger partial charge on any atom is -0.382 e. The molecular formula is C11H12N4O3. The number of anilines is 2. The summed E-state index contributed by atoms with van der Waals surface area (Å²) in [5.41, 5.74) is 1.60. The van der Waals surface area contributed by atoms with Gasteiger partial charge in [-0.25, -0.2) is 0 Å². The number of para-hydroxylation sites is 1. The van der Waals surface area contributed by atoms with E-state index >= 15 is 0 Å². The average molecular weight is 248 g/mol. The van der Waals surface area contributed by atoms with Gasteiger partial charge in [0.05, 0.1) is 11.5 Å². The Balaban J connectivity index is 2.24. The molecule has 94 valence electrons. The zero-order chi connectivity index (χ0) is 13.0. The smallest absolute Gasteiger partial charge is 0.315 e. The molecule has 0 saturated heterocycles. The highest BCUT2D eigenvalue weighted by Crippen LogP contribution is 2.32. The normalized spacial score (nSPS) is 10.1. The predicted molar refractivity (Wildman–Crippen MR) is 66.5 cm³/mol. The molecule has 2 aromatic rings. The van der Waals surface area contributed by atoms with Gasteiger partial charge < -0.3 is 15.2 Å². The van der Waals surface area contributed by atoms with E-state index in [1.54, 1.807) is 31.3 Å². The highest BCUT2D eigenvalue weighted by atomic mass is 16.6. The van der Waals surface area contributed by atoms with Crippen molar-refractivity contribution in [1.29, 1.82) is 0 Å². The minimum absolute atomic E-state index is 0.0171.